The summed E-state index contributed by atoms with van der Waals surface area (Å²) >= 11 is 0. The lowest BCUT2D eigenvalue weighted by Gasteiger charge is -2.10. The van der Waals surface area contributed by atoms with E-state index in [0.717, 1.165) is 16.7 Å². The van der Waals surface area contributed by atoms with Crippen LogP contribution in [0.4, 0.5) is 5.69 Å². The Labute approximate surface area is 197 Å². The second-order valence-corrected chi connectivity index (χ2v) is 7.79. The van der Waals surface area contributed by atoms with Crippen LogP contribution in [0.1, 0.15) is 32.1 Å². The van der Waals surface area contributed by atoms with Gasteiger partial charge in [0.05, 0.1) is 0 Å². The van der Waals surface area contributed by atoms with Crippen molar-refractivity contribution in [1.29, 1.82) is 0 Å². The number of hydrogen-bond donors (Lipinski definition) is 2. The van der Waals surface area contributed by atoms with Crippen molar-refractivity contribution in [2.75, 3.05) is 12.4 Å². The van der Waals surface area contributed by atoms with Crippen molar-refractivity contribution < 1.29 is 14.3 Å². The monoisotopic (exact) mass is 452 g/mol. The molecule has 2 N–H and O–H groups in total. The predicted molar refractivity (Wildman–Crippen MR) is 131 cm³/mol. The highest BCUT2D eigenvalue weighted by Crippen LogP contribution is 2.25. The van der Waals surface area contributed by atoms with Gasteiger partial charge >= 0.3 is 0 Å². The Balaban J connectivity index is 1.40. The fourth-order valence-corrected chi connectivity index (χ4v) is 3.49. The van der Waals surface area contributed by atoms with Crippen molar-refractivity contribution in [2.45, 2.75) is 13.8 Å². The summed E-state index contributed by atoms with van der Waals surface area (Å²) in [7, 11) is 1.54. The normalized spacial score (nSPS) is 10.4. The topological polar surface area (TPSA) is 93.2 Å². The fourth-order valence-electron chi connectivity index (χ4n) is 3.49. The molecule has 2 heterocycles. The molecule has 0 unspecified atom stereocenters. The van der Waals surface area contributed by atoms with E-state index in [2.05, 4.69) is 52.6 Å². The molecule has 0 fully saturated rings. The Bertz CT molecular complexity index is 1330. The molecular weight excluding hydrogens is 428 g/mol. The molecule has 0 atom stereocenters. The molecule has 4 aromatic rings. The van der Waals surface area contributed by atoms with Gasteiger partial charge in [-0.25, -0.2) is 0 Å². The molecule has 7 nitrogen and oxygen atoms in total. The largest absolute Gasteiger partial charge is 0.457 e. The van der Waals surface area contributed by atoms with Crippen LogP contribution in [0.2, 0.25) is 0 Å². The Morgan fingerprint density at radius 3 is 2.26 bits per heavy atom. The standard InChI is InChI=1S/C27H24N4O3/c1-17-4-10-23(18(2)14-17)19-5-11-24(30-16-19)27(33)31-20-6-8-21(9-7-20)34-22-12-13-29-25(15-22)26(32)28-3/h4-16H,1-3H3,(H,28,32)(H,31,33). The van der Waals surface area contributed by atoms with E-state index in [1.807, 2.05) is 6.07 Å². The highest BCUT2D eigenvalue weighted by Gasteiger charge is 2.10. The Hall–Kier alpha value is -4.52. The van der Waals surface area contributed by atoms with Crippen LogP contribution in [0.15, 0.2) is 79.1 Å². The number of aromatic nitrogens is 2. The summed E-state index contributed by atoms with van der Waals surface area (Å²) in [4.78, 5) is 32.7. The molecule has 0 radical (unpaired) electrons. The molecule has 0 aliphatic heterocycles. The number of rotatable bonds is 6. The van der Waals surface area contributed by atoms with Crippen molar-refractivity contribution in [3.63, 3.8) is 0 Å². The number of ether oxygens (including phenoxy) is 1. The highest BCUT2D eigenvalue weighted by molar-refractivity contribution is 6.03. The first-order chi connectivity index (χ1) is 16.4. The Morgan fingerprint density at radius 2 is 1.59 bits per heavy atom. The number of carbonyl (C=O) groups excluding carboxylic acids is 2. The Kier molecular flexibility index (Phi) is 6.64. The summed E-state index contributed by atoms with van der Waals surface area (Å²) in [6.07, 6.45) is 3.22. The molecule has 7 heteroatoms. The molecule has 0 aliphatic rings. The van der Waals surface area contributed by atoms with Gasteiger partial charge in [-0.3, -0.25) is 19.6 Å². The summed E-state index contributed by atoms with van der Waals surface area (Å²) in [5.74, 6) is 0.450. The second-order valence-electron chi connectivity index (χ2n) is 7.79. The second kappa shape index (κ2) is 9.95. The average Bonchev–Trinajstić information content (AvgIpc) is 2.85. The maximum absolute atomic E-state index is 12.6. The third-order valence-electron chi connectivity index (χ3n) is 5.23. The molecule has 2 aromatic carbocycles. The van der Waals surface area contributed by atoms with Gasteiger partial charge in [-0.1, -0.05) is 29.8 Å². The van der Waals surface area contributed by atoms with Crippen LogP contribution in [0.5, 0.6) is 11.5 Å². The van der Waals surface area contributed by atoms with Gasteiger partial charge in [0, 0.05) is 36.8 Å². The smallest absolute Gasteiger partial charge is 0.274 e. The van der Waals surface area contributed by atoms with Gasteiger partial charge in [-0.15, -0.1) is 0 Å². The van der Waals surface area contributed by atoms with Crippen molar-refractivity contribution >= 4 is 17.5 Å². The number of aryl methyl sites for hydroxylation is 2. The van der Waals surface area contributed by atoms with Crippen molar-refractivity contribution in [2.24, 2.45) is 0 Å². The van der Waals surface area contributed by atoms with E-state index in [1.54, 1.807) is 55.7 Å². The van der Waals surface area contributed by atoms with Crippen LogP contribution < -0.4 is 15.4 Å². The van der Waals surface area contributed by atoms with E-state index in [0.29, 0.717) is 22.9 Å². The first-order valence-corrected chi connectivity index (χ1v) is 10.7. The summed E-state index contributed by atoms with van der Waals surface area (Å²) in [5.41, 5.74) is 5.63. The number of nitrogens with zero attached hydrogens (tertiary/aromatic N) is 2. The number of anilines is 1. The predicted octanol–water partition coefficient (Wildman–Crippen LogP) is 5.16. The minimum atomic E-state index is -0.301. The Morgan fingerprint density at radius 1 is 0.794 bits per heavy atom. The van der Waals surface area contributed by atoms with E-state index >= 15 is 0 Å². The maximum atomic E-state index is 12.6. The van der Waals surface area contributed by atoms with Gasteiger partial charge in [0.15, 0.2) is 0 Å². The number of benzene rings is 2. The van der Waals surface area contributed by atoms with Gasteiger partial charge < -0.3 is 15.4 Å². The van der Waals surface area contributed by atoms with E-state index in [9.17, 15) is 9.59 Å². The third-order valence-corrected chi connectivity index (χ3v) is 5.23. The number of hydrogen-bond acceptors (Lipinski definition) is 5. The lowest BCUT2D eigenvalue weighted by Crippen LogP contribution is -2.18. The first kappa shape index (κ1) is 22.7. The quantitative estimate of drug-likeness (QED) is 0.421. The molecule has 2 aromatic heterocycles. The number of carbonyl (C=O) groups is 2. The highest BCUT2D eigenvalue weighted by atomic mass is 16.5. The SMILES string of the molecule is CNC(=O)c1cc(Oc2ccc(NC(=O)c3ccc(-c4ccc(C)cc4C)cn3)cc2)ccn1. The van der Waals surface area contributed by atoms with Crippen LogP contribution in [-0.4, -0.2) is 28.8 Å². The molecule has 0 saturated carbocycles. The van der Waals surface area contributed by atoms with E-state index in [-0.39, 0.29) is 17.5 Å². The maximum Gasteiger partial charge on any atom is 0.274 e. The zero-order valence-corrected chi connectivity index (χ0v) is 19.1. The molecule has 170 valence electrons. The fraction of sp³-hybridized carbons (Fsp3) is 0.111. The van der Waals surface area contributed by atoms with Gasteiger partial charge in [-0.05, 0) is 61.4 Å². The minimum absolute atomic E-state index is 0.264. The molecule has 0 spiro atoms. The van der Waals surface area contributed by atoms with Gasteiger partial charge in [0.1, 0.15) is 22.9 Å². The lowest BCUT2D eigenvalue weighted by molar-refractivity contribution is 0.0957. The zero-order valence-electron chi connectivity index (χ0n) is 19.1. The number of amides is 2. The van der Waals surface area contributed by atoms with Crippen molar-refractivity contribution in [1.82, 2.24) is 15.3 Å². The zero-order chi connectivity index (χ0) is 24.1. The van der Waals surface area contributed by atoms with E-state index in [1.165, 1.54) is 11.8 Å². The lowest BCUT2D eigenvalue weighted by atomic mass is 10.00. The molecule has 0 bridgehead atoms. The number of pyridine rings is 2. The summed E-state index contributed by atoms with van der Waals surface area (Å²) in [5, 5.41) is 5.36. The molecule has 34 heavy (non-hydrogen) atoms. The van der Waals surface area contributed by atoms with Crippen molar-refractivity contribution in [3.05, 3.63) is 102 Å². The average molecular weight is 453 g/mol. The van der Waals surface area contributed by atoms with Crippen LogP contribution in [0.25, 0.3) is 11.1 Å². The van der Waals surface area contributed by atoms with E-state index in [4.69, 9.17) is 4.74 Å². The molecular formula is C27H24N4O3. The van der Waals surface area contributed by atoms with Gasteiger partial charge in [0.2, 0.25) is 0 Å². The van der Waals surface area contributed by atoms with Crippen molar-refractivity contribution in [3.8, 4) is 22.6 Å². The van der Waals surface area contributed by atoms with E-state index < -0.39 is 0 Å². The summed E-state index contributed by atoms with van der Waals surface area (Å²) in [6.45, 7) is 4.12. The molecule has 4 rings (SSSR count). The van der Waals surface area contributed by atoms with Gasteiger partial charge in [-0.2, -0.15) is 0 Å². The summed E-state index contributed by atoms with van der Waals surface area (Å²) < 4.78 is 5.79. The summed E-state index contributed by atoms with van der Waals surface area (Å²) in [6, 6.07) is 20.0. The van der Waals surface area contributed by atoms with Crippen LogP contribution in [0.3, 0.4) is 0 Å². The van der Waals surface area contributed by atoms with Crippen LogP contribution in [-0.2, 0) is 0 Å². The molecule has 2 amide bonds. The molecule has 0 saturated heterocycles. The van der Waals surface area contributed by atoms with Gasteiger partial charge in [0.25, 0.3) is 11.8 Å². The third kappa shape index (κ3) is 5.27. The molecule has 0 aliphatic carbocycles. The van der Waals surface area contributed by atoms with Crippen LogP contribution in [0, 0.1) is 13.8 Å². The first-order valence-electron chi connectivity index (χ1n) is 10.7. The minimum Gasteiger partial charge on any atom is -0.457 e. The number of nitrogens with one attached hydrogen (secondary N) is 2. The van der Waals surface area contributed by atoms with Crippen LogP contribution >= 0.6 is 0 Å².